The molecule has 4 rings (SSSR count). The van der Waals surface area contributed by atoms with Gasteiger partial charge in [-0.25, -0.2) is 4.68 Å². The summed E-state index contributed by atoms with van der Waals surface area (Å²) in [6, 6.07) is 29.3. The molecular formula is C21H19N3S. The molecule has 124 valence electrons. The molecule has 0 aliphatic rings. The number of hydrogen-bond donors (Lipinski definition) is 0. The van der Waals surface area contributed by atoms with E-state index in [1.165, 1.54) is 10.5 Å². The monoisotopic (exact) mass is 345 g/mol. The maximum atomic E-state index is 4.45. The Hall–Kier alpha value is -2.59. The van der Waals surface area contributed by atoms with Gasteiger partial charge in [-0.05, 0) is 42.7 Å². The summed E-state index contributed by atoms with van der Waals surface area (Å²) in [7, 11) is 0. The Bertz CT molecular complexity index is 935. The zero-order valence-electron chi connectivity index (χ0n) is 13.8. The van der Waals surface area contributed by atoms with Crippen LogP contribution in [0, 0.1) is 0 Å². The van der Waals surface area contributed by atoms with Gasteiger partial charge in [0.2, 0.25) is 0 Å². The van der Waals surface area contributed by atoms with E-state index in [1.807, 2.05) is 36.0 Å². The fourth-order valence-electron chi connectivity index (χ4n) is 2.92. The van der Waals surface area contributed by atoms with Gasteiger partial charge in [-0.15, -0.1) is 5.10 Å². The second kappa shape index (κ2) is 7.53. The van der Waals surface area contributed by atoms with Crippen LogP contribution in [0.2, 0.25) is 0 Å². The minimum absolute atomic E-state index is 0.204. The van der Waals surface area contributed by atoms with Crippen molar-refractivity contribution in [3.8, 4) is 0 Å². The summed E-state index contributed by atoms with van der Waals surface area (Å²) in [6.07, 6.45) is 2.01. The van der Waals surface area contributed by atoms with Crippen LogP contribution in [0.4, 0.5) is 0 Å². The molecule has 0 aliphatic heterocycles. The second-order valence-corrected chi connectivity index (χ2v) is 7.18. The molecule has 4 aromatic rings. The number of rotatable bonds is 6. The molecule has 1 heterocycles. The van der Waals surface area contributed by atoms with E-state index in [-0.39, 0.29) is 5.37 Å². The van der Waals surface area contributed by atoms with E-state index in [4.69, 9.17) is 0 Å². The van der Waals surface area contributed by atoms with Crippen molar-refractivity contribution in [2.45, 2.75) is 23.1 Å². The molecule has 0 radical (unpaired) electrons. The highest BCUT2D eigenvalue weighted by molar-refractivity contribution is 7.99. The van der Waals surface area contributed by atoms with Gasteiger partial charge in [0.1, 0.15) is 10.9 Å². The fourth-order valence-corrected chi connectivity index (χ4v) is 4.04. The third kappa shape index (κ3) is 3.74. The number of para-hydroxylation sites is 1. The summed E-state index contributed by atoms with van der Waals surface area (Å²) in [6.45, 7) is 0. The van der Waals surface area contributed by atoms with Crippen molar-refractivity contribution < 1.29 is 0 Å². The van der Waals surface area contributed by atoms with Crippen molar-refractivity contribution in [1.29, 1.82) is 0 Å². The molecule has 0 bridgehead atoms. The first-order valence-corrected chi connectivity index (χ1v) is 9.34. The van der Waals surface area contributed by atoms with E-state index >= 15 is 0 Å². The van der Waals surface area contributed by atoms with Crippen molar-refractivity contribution in [1.82, 2.24) is 15.0 Å². The van der Waals surface area contributed by atoms with Gasteiger partial charge in [0.05, 0.1) is 5.52 Å². The molecule has 0 spiro atoms. The predicted octanol–water partition coefficient (Wildman–Crippen LogP) is 5.36. The lowest BCUT2D eigenvalue weighted by Gasteiger charge is -2.17. The molecule has 0 saturated carbocycles. The van der Waals surface area contributed by atoms with Crippen LogP contribution in [0.3, 0.4) is 0 Å². The highest BCUT2D eigenvalue weighted by Gasteiger charge is 2.17. The average molecular weight is 345 g/mol. The Morgan fingerprint density at radius 3 is 2.28 bits per heavy atom. The molecule has 0 saturated heterocycles. The van der Waals surface area contributed by atoms with Crippen LogP contribution in [0.15, 0.2) is 89.8 Å². The Morgan fingerprint density at radius 1 is 0.800 bits per heavy atom. The summed E-state index contributed by atoms with van der Waals surface area (Å²) >= 11 is 1.84. The van der Waals surface area contributed by atoms with Crippen LogP contribution < -0.4 is 0 Å². The summed E-state index contributed by atoms with van der Waals surface area (Å²) in [5.74, 6) is 0. The lowest BCUT2D eigenvalue weighted by molar-refractivity contribution is 0.558. The van der Waals surface area contributed by atoms with Crippen LogP contribution in [-0.2, 0) is 6.42 Å². The van der Waals surface area contributed by atoms with Crippen molar-refractivity contribution >= 4 is 22.8 Å². The number of nitrogens with zero attached hydrogens (tertiary/aromatic N) is 3. The van der Waals surface area contributed by atoms with Gasteiger partial charge in [0.25, 0.3) is 0 Å². The Morgan fingerprint density at radius 2 is 1.48 bits per heavy atom. The largest absolute Gasteiger partial charge is 0.231 e. The van der Waals surface area contributed by atoms with Gasteiger partial charge >= 0.3 is 0 Å². The maximum Gasteiger partial charge on any atom is 0.113 e. The fraction of sp³-hybridized carbons (Fsp3) is 0.143. The normalized spacial score (nSPS) is 12.3. The molecule has 0 N–H and O–H groups in total. The van der Waals surface area contributed by atoms with Crippen molar-refractivity contribution in [2.24, 2.45) is 0 Å². The molecule has 0 fully saturated rings. The van der Waals surface area contributed by atoms with Crippen molar-refractivity contribution in [3.05, 3.63) is 90.5 Å². The predicted molar refractivity (Wildman–Crippen MR) is 104 cm³/mol. The highest BCUT2D eigenvalue weighted by atomic mass is 32.2. The Balaban J connectivity index is 1.63. The zero-order valence-corrected chi connectivity index (χ0v) is 14.6. The van der Waals surface area contributed by atoms with Gasteiger partial charge in [-0.1, -0.05) is 77.6 Å². The van der Waals surface area contributed by atoms with Crippen LogP contribution >= 0.6 is 11.8 Å². The van der Waals surface area contributed by atoms with E-state index < -0.39 is 0 Å². The minimum Gasteiger partial charge on any atom is -0.231 e. The van der Waals surface area contributed by atoms with E-state index in [2.05, 4.69) is 75.7 Å². The lowest BCUT2D eigenvalue weighted by Crippen LogP contribution is -2.09. The SMILES string of the molecule is c1ccc(CCC(Sc2ccccc2)n2nnc3ccccc32)cc1. The molecule has 25 heavy (non-hydrogen) atoms. The quantitative estimate of drug-likeness (QED) is 0.441. The van der Waals surface area contributed by atoms with Crippen molar-refractivity contribution in [3.63, 3.8) is 0 Å². The maximum absolute atomic E-state index is 4.45. The molecule has 1 aromatic heterocycles. The molecule has 0 amide bonds. The summed E-state index contributed by atoms with van der Waals surface area (Å²) in [5, 5.41) is 8.99. The first-order chi connectivity index (χ1) is 12.4. The minimum atomic E-state index is 0.204. The number of hydrogen-bond acceptors (Lipinski definition) is 3. The standard InChI is InChI=1S/C21H19N3S/c1-3-9-17(10-4-1)15-16-21(25-18-11-5-2-6-12-18)24-20-14-8-7-13-19(20)22-23-24/h1-14,21H,15-16H2. The molecule has 3 nitrogen and oxygen atoms in total. The molecule has 1 unspecified atom stereocenters. The highest BCUT2D eigenvalue weighted by Crippen LogP contribution is 2.35. The summed E-state index contributed by atoms with van der Waals surface area (Å²) in [5.41, 5.74) is 3.38. The van der Waals surface area contributed by atoms with Gasteiger partial charge < -0.3 is 0 Å². The molecular weight excluding hydrogens is 326 g/mol. The van der Waals surface area contributed by atoms with Crippen LogP contribution in [-0.4, -0.2) is 15.0 Å². The Labute approximate surface area is 151 Å². The van der Waals surface area contributed by atoms with E-state index in [0.29, 0.717) is 0 Å². The first kappa shape index (κ1) is 15.9. The zero-order chi connectivity index (χ0) is 16.9. The van der Waals surface area contributed by atoms with Gasteiger partial charge in [-0.3, -0.25) is 0 Å². The number of benzene rings is 3. The smallest absolute Gasteiger partial charge is 0.113 e. The number of thioether (sulfide) groups is 1. The van der Waals surface area contributed by atoms with E-state index in [1.54, 1.807) is 0 Å². The molecule has 4 heteroatoms. The van der Waals surface area contributed by atoms with Gasteiger partial charge in [0.15, 0.2) is 0 Å². The van der Waals surface area contributed by atoms with Crippen LogP contribution in [0.1, 0.15) is 17.4 Å². The Kier molecular flexibility index (Phi) is 4.79. The third-order valence-corrected chi connectivity index (χ3v) is 5.44. The number of aryl methyl sites for hydroxylation is 1. The first-order valence-electron chi connectivity index (χ1n) is 8.46. The van der Waals surface area contributed by atoms with E-state index in [9.17, 15) is 0 Å². The van der Waals surface area contributed by atoms with E-state index in [0.717, 1.165) is 23.9 Å². The number of fused-ring (bicyclic) bond motifs is 1. The van der Waals surface area contributed by atoms with Crippen LogP contribution in [0.25, 0.3) is 11.0 Å². The van der Waals surface area contributed by atoms with Gasteiger partial charge in [0, 0.05) is 4.90 Å². The summed E-state index contributed by atoms with van der Waals surface area (Å²) in [4.78, 5) is 1.25. The third-order valence-electron chi connectivity index (χ3n) is 4.19. The van der Waals surface area contributed by atoms with Crippen molar-refractivity contribution in [2.75, 3.05) is 0 Å². The average Bonchev–Trinajstić information content (AvgIpc) is 3.11. The van der Waals surface area contributed by atoms with Crippen LogP contribution in [0.5, 0.6) is 0 Å². The van der Waals surface area contributed by atoms with Gasteiger partial charge in [-0.2, -0.15) is 0 Å². The molecule has 3 aromatic carbocycles. The topological polar surface area (TPSA) is 30.7 Å². The lowest BCUT2D eigenvalue weighted by atomic mass is 10.1. The molecule has 1 atom stereocenters. The second-order valence-electron chi connectivity index (χ2n) is 5.93. The molecule has 0 aliphatic carbocycles. The summed E-state index contributed by atoms with van der Waals surface area (Å²) < 4.78 is 2.07. The number of aromatic nitrogens is 3.